The second kappa shape index (κ2) is 5.57. The number of carbonyl (C=O) groups excluding carboxylic acids is 1. The second-order valence-corrected chi connectivity index (χ2v) is 9.35. The number of esters is 1. The number of aliphatic hydroxyl groups excluding tert-OH is 1. The van der Waals surface area contributed by atoms with Gasteiger partial charge in [0.15, 0.2) is 6.29 Å². The second-order valence-electron chi connectivity index (χ2n) is 9.35. The van der Waals surface area contributed by atoms with Crippen molar-refractivity contribution in [3.05, 3.63) is 11.6 Å². The normalized spacial score (nSPS) is 46.1. The molecule has 4 nitrogen and oxygen atoms in total. The van der Waals surface area contributed by atoms with Gasteiger partial charge in [-0.15, -0.1) is 0 Å². The van der Waals surface area contributed by atoms with Gasteiger partial charge in [-0.1, -0.05) is 39.7 Å². The van der Waals surface area contributed by atoms with Crippen LogP contribution in [0.4, 0.5) is 0 Å². The molecule has 1 saturated heterocycles. The Labute approximate surface area is 145 Å². The fourth-order valence-electron chi connectivity index (χ4n) is 6.16. The van der Waals surface area contributed by atoms with Crippen molar-refractivity contribution in [3.8, 4) is 0 Å². The Morgan fingerprint density at radius 3 is 2.50 bits per heavy atom. The molecule has 1 heterocycles. The molecule has 2 saturated carbocycles. The van der Waals surface area contributed by atoms with E-state index in [0.29, 0.717) is 6.61 Å². The van der Waals surface area contributed by atoms with Crippen molar-refractivity contribution in [3.63, 3.8) is 0 Å². The standard InChI is InChI=1S/C20H32O4/c1-12(2)10-14(21)24-16-13-11-23-17(22)15(13)20(6)18(3,4)8-7-9-19(16,20)5/h10,13,15-17,22H,7-9,11H2,1-6H3/t13-,15-,16+,17-,19+,20+/m1/s1. The van der Waals surface area contributed by atoms with Crippen LogP contribution in [0.1, 0.15) is 60.8 Å². The summed E-state index contributed by atoms with van der Waals surface area (Å²) in [5.74, 6) is -0.182. The Morgan fingerprint density at radius 2 is 1.88 bits per heavy atom. The minimum Gasteiger partial charge on any atom is -0.458 e. The first-order valence-electron chi connectivity index (χ1n) is 9.20. The molecule has 0 aromatic heterocycles. The quantitative estimate of drug-likeness (QED) is 0.617. The molecule has 1 N–H and O–H groups in total. The number of aliphatic hydroxyl groups is 1. The molecule has 2 aliphatic carbocycles. The number of carbonyl (C=O) groups is 1. The average molecular weight is 336 g/mol. The lowest BCUT2D eigenvalue weighted by Crippen LogP contribution is -2.56. The number of hydrogen-bond donors (Lipinski definition) is 1. The van der Waals surface area contributed by atoms with Gasteiger partial charge >= 0.3 is 5.97 Å². The third-order valence-corrected chi connectivity index (χ3v) is 7.65. The number of hydrogen-bond acceptors (Lipinski definition) is 4. The highest BCUT2D eigenvalue weighted by Crippen LogP contribution is 2.73. The largest absolute Gasteiger partial charge is 0.458 e. The van der Waals surface area contributed by atoms with Gasteiger partial charge in [0.05, 0.1) is 6.61 Å². The fourth-order valence-corrected chi connectivity index (χ4v) is 6.16. The van der Waals surface area contributed by atoms with Crippen molar-refractivity contribution >= 4 is 5.97 Å². The average Bonchev–Trinajstić information content (AvgIpc) is 2.90. The maximum absolute atomic E-state index is 12.4. The minimum atomic E-state index is -0.760. The molecule has 6 atom stereocenters. The van der Waals surface area contributed by atoms with Crippen LogP contribution in [0.5, 0.6) is 0 Å². The maximum atomic E-state index is 12.4. The Kier molecular flexibility index (Phi) is 4.16. The van der Waals surface area contributed by atoms with Crippen molar-refractivity contribution in [2.24, 2.45) is 28.1 Å². The highest BCUT2D eigenvalue weighted by molar-refractivity contribution is 5.82. The van der Waals surface area contributed by atoms with Crippen LogP contribution in [-0.4, -0.2) is 30.1 Å². The molecule has 4 heteroatoms. The van der Waals surface area contributed by atoms with Crippen molar-refractivity contribution in [1.29, 1.82) is 0 Å². The first kappa shape index (κ1) is 17.9. The van der Waals surface area contributed by atoms with E-state index in [-0.39, 0.29) is 40.2 Å². The third kappa shape index (κ3) is 2.22. The Morgan fingerprint density at radius 1 is 1.21 bits per heavy atom. The molecule has 0 amide bonds. The van der Waals surface area contributed by atoms with Gasteiger partial charge in [-0.25, -0.2) is 4.79 Å². The van der Waals surface area contributed by atoms with E-state index in [1.54, 1.807) is 6.08 Å². The molecule has 0 aromatic rings. The summed E-state index contributed by atoms with van der Waals surface area (Å²) < 4.78 is 11.6. The molecule has 24 heavy (non-hydrogen) atoms. The Balaban J connectivity index is 2.04. The summed E-state index contributed by atoms with van der Waals surface area (Å²) in [6.45, 7) is 13.4. The van der Waals surface area contributed by atoms with Crippen molar-refractivity contribution in [2.45, 2.75) is 73.2 Å². The Hall–Kier alpha value is -0.870. The van der Waals surface area contributed by atoms with Gasteiger partial charge in [-0.05, 0) is 37.5 Å². The zero-order valence-corrected chi connectivity index (χ0v) is 15.9. The van der Waals surface area contributed by atoms with Gasteiger partial charge in [0.25, 0.3) is 0 Å². The number of allylic oxidation sites excluding steroid dienone is 1. The summed E-state index contributed by atoms with van der Waals surface area (Å²) in [7, 11) is 0. The summed E-state index contributed by atoms with van der Waals surface area (Å²) in [5, 5.41) is 10.6. The van der Waals surface area contributed by atoms with E-state index in [0.717, 1.165) is 24.8 Å². The maximum Gasteiger partial charge on any atom is 0.330 e. The molecular formula is C20H32O4. The molecule has 136 valence electrons. The number of fused-ring (bicyclic) bond motifs is 3. The minimum absolute atomic E-state index is 0.0160. The topological polar surface area (TPSA) is 55.8 Å². The predicted octanol–water partition coefficient (Wildman–Crippen LogP) is 3.68. The molecule has 3 aliphatic rings. The first-order valence-corrected chi connectivity index (χ1v) is 9.20. The summed E-state index contributed by atoms with van der Waals surface area (Å²) in [6.07, 6.45) is 3.89. The zero-order chi connectivity index (χ0) is 17.9. The van der Waals surface area contributed by atoms with E-state index in [2.05, 4.69) is 27.7 Å². The molecule has 0 radical (unpaired) electrons. The molecule has 3 rings (SSSR count). The van der Waals surface area contributed by atoms with Crippen LogP contribution < -0.4 is 0 Å². The molecular weight excluding hydrogens is 304 g/mol. The molecule has 1 aliphatic heterocycles. The summed E-state index contributed by atoms with van der Waals surface area (Å²) in [6, 6.07) is 0. The lowest BCUT2D eigenvalue weighted by atomic mass is 9.46. The molecule has 3 fully saturated rings. The van der Waals surface area contributed by atoms with Gasteiger partial charge < -0.3 is 14.6 Å². The van der Waals surface area contributed by atoms with E-state index in [9.17, 15) is 9.90 Å². The zero-order valence-electron chi connectivity index (χ0n) is 15.9. The Bertz CT molecular complexity index is 562. The van der Waals surface area contributed by atoms with E-state index in [1.165, 1.54) is 0 Å². The van der Waals surface area contributed by atoms with Crippen LogP contribution in [0, 0.1) is 28.1 Å². The molecule has 0 spiro atoms. The molecule has 0 aromatic carbocycles. The SMILES string of the molecule is CC(C)=CC(=O)O[C@H]1[C@@H]2CO[C@@H](O)[C@@H]2[C@@]2(C)C(C)(C)CCC[C@@]12C. The first-order chi connectivity index (χ1) is 11.0. The van der Waals surface area contributed by atoms with Gasteiger partial charge in [0, 0.05) is 23.3 Å². The number of ether oxygens (including phenoxy) is 2. The summed E-state index contributed by atoms with van der Waals surface area (Å²) in [4.78, 5) is 12.4. The van der Waals surface area contributed by atoms with Crippen LogP contribution in [-0.2, 0) is 14.3 Å². The highest BCUT2D eigenvalue weighted by atomic mass is 16.6. The van der Waals surface area contributed by atoms with Gasteiger partial charge in [0.2, 0.25) is 0 Å². The lowest BCUT2D eigenvalue weighted by Gasteiger charge is -2.59. The smallest absolute Gasteiger partial charge is 0.330 e. The molecule has 0 unspecified atom stereocenters. The third-order valence-electron chi connectivity index (χ3n) is 7.65. The van der Waals surface area contributed by atoms with Gasteiger partial charge in [-0.3, -0.25) is 0 Å². The van der Waals surface area contributed by atoms with Crippen LogP contribution >= 0.6 is 0 Å². The van der Waals surface area contributed by atoms with Crippen LogP contribution in [0.15, 0.2) is 11.6 Å². The van der Waals surface area contributed by atoms with Gasteiger partial charge in [-0.2, -0.15) is 0 Å². The van der Waals surface area contributed by atoms with E-state index >= 15 is 0 Å². The fraction of sp³-hybridized carbons (Fsp3) is 0.850. The van der Waals surface area contributed by atoms with Crippen molar-refractivity contribution < 1.29 is 19.4 Å². The van der Waals surface area contributed by atoms with Crippen LogP contribution in [0.25, 0.3) is 0 Å². The van der Waals surface area contributed by atoms with Crippen LogP contribution in [0.2, 0.25) is 0 Å². The van der Waals surface area contributed by atoms with Gasteiger partial charge in [0.1, 0.15) is 6.10 Å². The van der Waals surface area contributed by atoms with Crippen LogP contribution in [0.3, 0.4) is 0 Å². The summed E-state index contributed by atoms with van der Waals surface area (Å²) in [5.41, 5.74) is 0.735. The number of rotatable bonds is 2. The van der Waals surface area contributed by atoms with E-state index in [1.807, 2.05) is 13.8 Å². The van der Waals surface area contributed by atoms with Crippen molar-refractivity contribution in [2.75, 3.05) is 6.61 Å². The molecule has 0 bridgehead atoms. The van der Waals surface area contributed by atoms with E-state index < -0.39 is 6.29 Å². The monoisotopic (exact) mass is 336 g/mol. The highest BCUT2D eigenvalue weighted by Gasteiger charge is 2.74. The van der Waals surface area contributed by atoms with E-state index in [4.69, 9.17) is 9.47 Å². The lowest BCUT2D eigenvalue weighted by molar-refractivity contribution is -0.193. The predicted molar refractivity (Wildman–Crippen MR) is 92.1 cm³/mol. The summed E-state index contributed by atoms with van der Waals surface area (Å²) >= 11 is 0. The van der Waals surface area contributed by atoms with Crippen molar-refractivity contribution in [1.82, 2.24) is 0 Å².